The first-order valence-electron chi connectivity index (χ1n) is 6.23. The van der Waals surface area contributed by atoms with Gasteiger partial charge in [0.2, 0.25) is 0 Å². The van der Waals surface area contributed by atoms with Gasteiger partial charge in [0.1, 0.15) is 0 Å². The largest absolute Gasteiger partial charge is 0.465 e. The molecule has 0 aromatic heterocycles. The third-order valence-electron chi connectivity index (χ3n) is 2.79. The number of hydrogen-bond acceptors (Lipinski definition) is 5. The summed E-state index contributed by atoms with van der Waals surface area (Å²) in [4.78, 5) is 11.8. The molecule has 0 bridgehead atoms. The van der Waals surface area contributed by atoms with Crippen LogP contribution in [0.2, 0.25) is 0 Å². The Morgan fingerprint density at radius 1 is 1.44 bits per heavy atom. The first kappa shape index (κ1) is 15.4. The molecule has 1 fully saturated rings. The van der Waals surface area contributed by atoms with Crippen LogP contribution in [0.1, 0.15) is 26.7 Å². The minimum atomic E-state index is -3.42. The zero-order valence-electron chi connectivity index (χ0n) is 11.0. The second kappa shape index (κ2) is 7.07. The van der Waals surface area contributed by atoms with Gasteiger partial charge in [0.25, 0.3) is 0 Å². The summed E-state index contributed by atoms with van der Waals surface area (Å²) >= 11 is 0. The molecule has 2 atom stereocenters. The SMILES string of the molecule is C=CC[C@H]1COC(=O)C(P(=O)(OCC)OCC)C1. The molecule has 5 nitrogen and oxygen atoms in total. The number of carbonyl (C=O) groups is 1. The van der Waals surface area contributed by atoms with Crippen molar-refractivity contribution in [2.45, 2.75) is 32.3 Å². The van der Waals surface area contributed by atoms with E-state index >= 15 is 0 Å². The van der Waals surface area contributed by atoms with E-state index in [0.29, 0.717) is 13.0 Å². The molecular formula is C12H21O5P. The molecule has 0 amide bonds. The van der Waals surface area contributed by atoms with Crippen molar-refractivity contribution < 1.29 is 23.1 Å². The molecule has 0 aliphatic carbocycles. The normalized spacial score (nSPS) is 24.7. The fourth-order valence-corrected chi connectivity index (χ4v) is 4.05. The van der Waals surface area contributed by atoms with Crippen LogP contribution >= 0.6 is 7.60 Å². The summed E-state index contributed by atoms with van der Waals surface area (Å²) in [6.07, 6.45) is 2.96. The number of esters is 1. The van der Waals surface area contributed by atoms with Crippen LogP contribution in [0.3, 0.4) is 0 Å². The standard InChI is InChI=1S/C12H21O5P/c1-4-7-10-8-11(12(13)15-9-10)18(14,16-5-2)17-6-3/h4,10-11H,1,5-9H2,2-3H3/t10-,11?/m1/s1. The summed E-state index contributed by atoms with van der Waals surface area (Å²) in [6, 6.07) is 0. The first-order valence-corrected chi connectivity index (χ1v) is 7.84. The second-order valence-corrected chi connectivity index (χ2v) is 6.37. The van der Waals surface area contributed by atoms with Gasteiger partial charge in [0.15, 0.2) is 5.66 Å². The van der Waals surface area contributed by atoms with Gasteiger partial charge in [-0.1, -0.05) is 6.08 Å². The molecule has 1 heterocycles. The van der Waals surface area contributed by atoms with Crippen LogP contribution in [0.5, 0.6) is 0 Å². The molecule has 1 saturated heterocycles. The van der Waals surface area contributed by atoms with Crippen molar-refractivity contribution in [3.8, 4) is 0 Å². The van der Waals surface area contributed by atoms with Gasteiger partial charge in [0.05, 0.1) is 19.8 Å². The average Bonchev–Trinajstić information content (AvgIpc) is 2.32. The average molecular weight is 276 g/mol. The lowest BCUT2D eigenvalue weighted by Crippen LogP contribution is -2.35. The lowest BCUT2D eigenvalue weighted by molar-refractivity contribution is -0.149. The fraction of sp³-hybridized carbons (Fsp3) is 0.750. The van der Waals surface area contributed by atoms with Crippen LogP contribution < -0.4 is 0 Å². The van der Waals surface area contributed by atoms with Gasteiger partial charge in [-0.3, -0.25) is 9.36 Å². The summed E-state index contributed by atoms with van der Waals surface area (Å²) < 4.78 is 28.1. The molecule has 1 rings (SSSR count). The summed E-state index contributed by atoms with van der Waals surface area (Å²) in [7, 11) is -3.42. The van der Waals surface area contributed by atoms with Crippen LogP contribution in [0.15, 0.2) is 12.7 Å². The summed E-state index contributed by atoms with van der Waals surface area (Å²) in [5, 5.41) is 0. The highest BCUT2D eigenvalue weighted by molar-refractivity contribution is 7.55. The molecule has 1 unspecified atom stereocenters. The van der Waals surface area contributed by atoms with Gasteiger partial charge < -0.3 is 13.8 Å². The molecular weight excluding hydrogens is 255 g/mol. The number of ether oxygens (including phenoxy) is 1. The topological polar surface area (TPSA) is 61.8 Å². The van der Waals surface area contributed by atoms with E-state index in [1.54, 1.807) is 19.9 Å². The summed E-state index contributed by atoms with van der Waals surface area (Å²) in [6.45, 7) is 7.94. The van der Waals surface area contributed by atoms with Gasteiger partial charge in [-0.2, -0.15) is 0 Å². The maximum Gasteiger partial charge on any atom is 0.344 e. The van der Waals surface area contributed by atoms with Gasteiger partial charge >= 0.3 is 13.6 Å². The predicted octanol–water partition coefficient (Wildman–Crippen LogP) is 2.76. The molecule has 104 valence electrons. The highest BCUT2D eigenvalue weighted by Crippen LogP contribution is 2.56. The second-order valence-electron chi connectivity index (χ2n) is 4.15. The van der Waals surface area contributed by atoms with E-state index in [0.717, 1.165) is 6.42 Å². The molecule has 6 heteroatoms. The molecule has 1 aliphatic rings. The van der Waals surface area contributed by atoms with Crippen molar-refractivity contribution in [2.24, 2.45) is 5.92 Å². The molecule has 1 aliphatic heterocycles. The van der Waals surface area contributed by atoms with Crippen LogP contribution in [0.25, 0.3) is 0 Å². The Balaban J connectivity index is 2.83. The number of allylic oxidation sites excluding steroid dienone is 1. The van der Waals surface area contributed by atoms with E-state index in [9.17, 15) is 9.36 Å². The number of rotatable bonds is 7. The van der Waals surface area contributed by atoms with E-state index in [-0.39, 0.29) is 19.1 Å². The molecule has 0 aromatic rings. The van der Waals surface area contributed by atoms with E-state index in [4.69, 9.17) is 13.8 Å². The van der Waals surface area contributed by atoms with Crippen molar-refractivity contribution >= 4 is 13.6 Å². The van der Waals surface area contributed by atoms with Gasteiger partial charge in [-0.05, 0) is 32.6 Å². The smallest absolute Gasteiger partial charge is 0.344 e. The zero-order chi connectivity index (χ0) is 13.6. The van der Waals surface area contributed by atoms with Crippen molar-refractivity contribution in [1.29, 1.82) is 0 Å². The maximum absolute atomic E-state index is 12.6. The van der Waals surface area contributed by atoms with Gasteiger partial charge in [-0.15, -0.1) is 6.58 Å². The van der Waals surface area contributed by atoms with Crippen LogP contribution in [-0.2, 0) is 23.1 Å². The van der Waals surface area contributed by atoms with Crippen molar-refractivity contribution in [3.05, 3.63) is 12.7 Å². The monoisotopic (exact) mass is 276 g/mol. The van der Waals surface area contributed by atoms with Crippen molar-refractivity contribution in [3.63, 3.8) is 0 Å². The van der Waals surface area contributed by atoms with Crippen molar-refractivity contribution in [1.82, 2.24) is 0 Å². The Hall–Kier alpha value is -0.640. The predicted molar refractivity (Wildman–Crippen MR) is 68.5 cm³/mol. The number of cyclic esters (lactones) is 1. The van der Waals surface area contributed by atoms with Crippen LogP contribution in [0, 0.1) is 5.92 Å². The summed E-state index contributed by atoms with van der Waals surface area (Å²) in [5.74, 6) is -0.347. The first-order chi connectivity index (χ1) is 8.57. The minimum Gasteiger partial charge on any atom is -0.465 e. The Kier molecular flexibility index (Phi) is 6.06. The highest BCUT2D eigenvalue weighted by atomic mass is 31.2. The Morgan fingerprint density at radius 2 is 2.06 bits per heavy atom. The quantitative estimate of drug-likeness (QED) is 0.406. The van der Waals surface area contributed by atoms with Crippen LogP contribution in [-0.4, -0.2) is 31.4 Å². The molecule has 0 saturated carbocycles. The maximum atomic E-state index is 12.6. The van der Waals surface area contributed by atoms with Crippen LogP contribution in [0.4, 0.5) is 0 Å². The van der Waals surface area contributed by atoms with Gasteiger partial charge in [0, 0.05) is 0 Å². The summed E-state index contributed by atoms with van der Waals surface area (Å²) in [5.41, 5.74) is -0.809. The molecule has 18 heavy (non-hydrogen) atoms. The van der Waals surface area contributed by atoms with E-state index in [2.05, 4.69) is 6.58 Å². The third-order valence-corrected chi connectivity index (χ3v) is 5.21. The Bertz CT molecular complexity index is 331. The Morgan fingerprint density at radius 3 is 2.56 bits per heavy atom. The third kappa shape index (κ3) is 3.67. The highest BCUT2D eigenvalue weighted by Gasteiger charge is 2.45. The fourth-order valence-electron chi connectivity index (χ4n) is 2.01. The number of hydrogen-bond donors (Lipinski definition) is 0. The van der Waals surface area contributed by atoms with E-state index in [1.165, 1.54) is 0 Å². The molecule has 0 spiro atoms. The molecule has 0 N–H and O–H groups in total. The number of carbonyl (C=O) groups excluding carboxylic acids is 1. The lowest BCUT2D eigenvalue weighted by atomic mass is 9.98. The molecule has 0 radical (unpaired) electrons. The van der Waals surface area contributed by atoms with E-state index < -0.39 is 19.2 Å². The minimum absolute atomic E-state index is 0.138. The van der Waals surface area contributed by atoms with Gasteiger partial charge in [-0.25, -0.2) is 0 Å². The lowest BCUT2D eigenvalue weighted by Gasteiger charge is -2.31. The van der Waals surface area contributed by atoms with Crippen molar-refractivity contribution in [2.75, 3.05) is 19.8 Å². The van der Waals surface area contributed by atoms with E-state index in [1.807, 2.05) is 0 Å². The molecule has 0 aromatic carbocycles. The zero-order valence-corrected chi connectivity index (χ0v) is 11.9. The Labute approximate surface area is 108 Å².